The zero-order valence-electron chi connectivity index (χ0n) is 12.8. The Balaban J connectivity index is 2.18. The van der Waals surface area contributed by atoms with Crippen LogP contribution in [0, 0.1) is 5.92 Å². The first-order valence-corrected chi connectivity index (χ1v) is 8.71. The molecule has 0 heterocycles. The Morgan fingerprint density at radius 2 is 1.84 bits per heavy atom. The highest BCUT2D eigenvalue weighted by atomic mass is 32.1. The number of rotatable bonds is 7. The Morgan fingerprint density at radius 1 is 1.16 bits per heavy atom. The first kappa shape index (κ1) is 16.7. The molecule has 0 amide bonds. The normalized spacial score (nSPS) is 18.6. The van der Waals surface area contributed by atoms with Gasteiger partial charge in [0.2, 0.25) is 0 Å². The molecule has 0 spiro atoms. The minimum Gasteiger partial charge on any atom is -0.362 e. The molecule has 1 fully saturated rings. The molecule has 1 aliphatic rings. The van der Waals surface area contributed by atoms with Gasteiger partial charge in [0, 0.05) is 12.6 Å². The maximum absolute atomic E-state index is 5.44. The van der Waals surface area contributed by atoms with E-state index in [2.05, 4.69) is 24.5 Å². The summed E-state index contributed by atoms with van der Waals surface area (Å²) in [6.07, 6.45) is 13.3. The second-order valence-corrected chi connectivity index (χ2v) is 6.37. The van der Waals surface area contributed by atoms with Crippen molar-refractivity contribution in [2.24, 2.45) is 5.92 Å². The molecular formula is C16H32N2S. The third-order valence-corrected chi connectivity index (χ3v) is 4.55. The van der Waals surface area contributed by atoms with Crippen LogP contribution in [0.3, 0.4) is 0 Å². The van der Waals surface area contributed by atoms with Crippen LogP contribution >= 0.6 is 12.2 Å². The van der Waals surface area contributed by atoms with Crippen LogP contribution in [-0.2, 0) is 0 Å². The fraction of sp³-hybridized carbons (Fsp3) is 0.938. The van der Waals surface area contributed by atoms with Gasteiger partial charge in [0.05, 0.1) is 0 Å². The van der Waals surface area contributed by atoms with E-state index in [0.717, 1.165) is 17.6 Å². The van der Waals surface area contributed by atoms with E-state index in [1.807, 2.05) is 0 Å². The van der Waals surface area contributed by atoms with Gasteiger partial charge in [-0.2, -0.15) is 0 Å². The largest absolute Gasteiger partial charge is 0.362 e. The summed E-state index contributed by atoms with van der Waals surface area (Å²) in [5.74, 6) is 0.772. The number of unbranched alkanes of at least 4 members (excludes halogenated alkanes) is 1. The number of hydrogen-bond acceptors (Lipinski definition) is 1. The molecule has 1 saturated carbocycles. The van der Waals surface area contributed by atoms with Gasteiger partial charge < -0.3 is 10.6 Å². The van der Waals surface area contributed by atoms with Crippen molar-refractivity contribution in [1.82, 2.24) is 10.6 Å². The molecule has 1 rings (SSSR count). The lowest BCUT2D eigenvalue weighted by Crippen LogP contribution is -2.43. The average molecular weight is 285 g/mol. The van der Waals surface area contributed by atoms with Gasteiger partial charge in [-0.05, 0) is 37.4 Å². The predicted octanol–water partition coefficient (Wildman–Crippen LogP) is 4.39. The average Bonchev–Trinajstić information content (AvgIpc) is 2.67. The fourth-order valence-electron chi connectivity index (χ4n) is 2.84. The Labute approximate surface area is 125 Å². The van der Waals surface area contributed by atoms with Crippen molar-refractivity contribution >= 4 is 17.3 Å². The van der Waals surface area contributed by atoms with Crippen LogP contribution in [-0.4, -0.2) is 17.7 Å². The molecule has 0 aromatic carbocycles. The number of nitrogens with one attached hydrogen (secondary N) is 2. The number of hydrogen-bond donors (Lipinski definition) is 2. The molecule has 1 unspecified atom stereocenters. The van der Waals surface area contributed by atoms with Crippen molar-refractivity contribution in [3.05, 3.63) is 0 Å². The fourth-order valence-corrected chi connectivity index (χ4v) is 3.09. The lowest BCUT2D eigenvalue weighted by Gasteiger charge is -2.21. The molecular weight excluding hydrogens is 252 g/mol. The Bertz CT molecular complexity index is 235. The summed E-state index contributed by atoms with van der Waals surface area (Å²) in [7, 11) is 0. The van der Waals surface area contributed by atoms with Gasteiger partial charge in [0.1, 0.15) is 0 Å². The summed E-state index contributed by atoms with van der Waals surface area (Å²) in [6, 6.07) is 0.609. The van der Waals surface area contributed by atoms with E-state index in [-0.39, 0.29) is 0 Å². The third kappa shape index (κ3) is 7.76. The maximum atomic E-state index is 5.44. The molecule has 0 saturated heterocycles. The van der Waals surface area contributed by atoms with E-state index in [0.29, 0.717) is 6.04 Å². The van der Waals surface area contributed by atoms with E-state index in [4.69, 9.17) is 12.2 Å². The van der Waals surface area contributed by atoms with Crippen LogP contribution in [0.2, 0.25) is 0 Å². The molecule has 0 aliphatic heterocycles. The lowest BCUT2D eigenvalue weighted by atomic mass is 9.99. The highest BCUT2D eigenvalue weighted by Gasteiger charge is 2.13. The van der Waals surface area contributed by atoms with Crippen LogP contribution in [0.1, 0.15) is 78.1 Å². The minimum absolute atomic E-state index is 0.609. The summed E-state index contributed by atoms with van der Waals surface area (Å²) in [5, 5.41) is 7.82. The second-order valence-electron chi connectivity index (χ2n) is 5.96. The van der Waals surface area contributed by atoms with Crippen LogP contribution in [0.15, 0.2) is 0 Å². The topological polar surface area (TPSA) is 24.1 Å². The standard InChI is InChI=1S/C16H32N2S/c1-3-5-10-14(4-2)13-17-16(19)18-15-11-8-6-7-9-12-15/h14-15H,3-13H2,1-2H3,(H2,17,18,19). The van der Waals surface area contributed by atoms with Crippen molar-refractivity contribution < 1.29 is 0 Å². The van der Waals surface area contributed by atoms with Gasteiger partial charge >= 0.3 is 0 Å². The molecule has 1 atom stereocenters. The zero-order valence-corrected chi connectivity index (χ0v) is 13.7. The van der Waals surface area contributed by atoms with Gasteiger partial charge in [-0.1, -0.05) is 58.8 Å². The Morgan fingerprint density at radius 3 is 2.42 bits per heavy atom. The summed E-state index contributed by atoms with van der Waals surface area (Å²) >= 11 is 5.44. The predicted molar refractivity (Wildman–Crippen MR) is 88.5 cm³/mol. The Hall–Kier alpha value is -0.310. The van der Waals surface area contributed by atoms with Crippen LogP contribution in [0.4, 0.5) is 0 Å². The maximum Gasteiger partial charge on any atom is 0.166 e. The highest BCUT2D eigenvalue weighted by molar-refractivity contribution is 7.80. The molecule has 112 valence electrons. The third-order valence-electron chi connectivity index (χ3n) is 4.28. The van der Waals surface area contributed by atoms with Gasteiger partial charge in [-0.3, -0.25) is 0 Å². The molecule has 19 heavy (non-hydrogen) atoms. The van der Waals surface area contributed by atoms with Crippen molar-refractivity contribution in [2.75, 3.05) is 6.54 Å². The molecule has 0 aromatic rings. The van der Waals surface area contributed by atoms with Gasteiger partial charge in [0.25, 0.3) is 0 Å². The van der Waals surface area contributed by atoms with Crippen molar-refractivity contribution in [3.63, 3.8) is 0 Å². The highest BCUT2D eigenvalue weighted by Crippen LogP contribution is 2.17. The van der Waals surface area contributed by atoms with Crippen LogP contribution in [0.25, 0.3) is 0 Å². The summed E-state index contributed by atoms with van der Waals surface area (Å²) < 4.78 is 0. The first-order chi connectivity index (χ1) is 9.26. The minimum atomic E-state index is 0.609. The molecule has 0 bridgehead atoms. The Kier molecular flexibility index (Phi) is 9.23. The van der Waals surface area contributed by atoms with Crippen molar-refractivity contribution in [1.29, 1.82) is 0 Å². The van der Waals surface area contributed by atoms with E-state index < -0.39 is 0 Å². The van der Waals surface area contributed by atoms with Gasteiger partial charge in [0.15, 0.2) is 5.11 Å². The quantitative estimate of drug-likeness (QED) is 0.535. The van der Waals surface area contributed by atoms with E-state index in [1.54, 1.807) is 0 Å². The van der Waals surface area contributed by atoms with Crippen LogP contribution in [0.5, 0.6) is 0 Å². The second kappa shape index (κ2) is 10.5. The van der Waals surface area contributed by atoms with Gasteiger partial charge in [-0.15, -0.1) is 0 Å². The smallest absolute Gasteiger partial charge is 0.166 e. The molecule has 2 nitrogen and oxygen atoms in total. The molecule has 3 heteroatoms. The summed E-state index contributed by atoms with van der Waals surface area (Å²) in [6.45, 7) is 5.58. The van der Waals surface area contributed by atoms with Crippen molar-refractivity contribution in [2.45, 2.75) is 84.1 Å². The van der Waals surface area contributed by atoms with Crippen molar-refractivity contribution in [3.8, 4) is 0 Å². The molecule has 0 radical (unpaired) electrons. The van der Waals surface area contributed by atoms with E-state index in [9.17, 15) is 0 Å². The number of thiocarbonyl (C=S) groups is 1. The zero-order chi connectivity index (χ0) is 13.9. The van der Waals surface area contributed by atoms with E-state index >= 15 is 0 Å². The lowest BCUT2D eigenvalue weighted by molar-refractivity contribution is 0.441. The van der Waals surface area contributed by atoms with E-state index in [1.165, 1.54) is 64.2 Å². The molecule has 0 aromatic heterocycles. The SMILES string of the molecule is CCCCC(CC)CNC(=S)NC1CCCCCC1. The summed E-state index contributed by atoms with van der Waals surface area (Å²) in [5.41, 5.74) is 0. The monoisotopic (exact) mass is 284 g/mol. The first-order valence-electron chi connectivity index (χ1n) is 8.30. The van der Waals surface area contributed by atoms with Gasteiger partial charge in [-0.25, -0.2) is 0 Å². The molecule has 1 aliphatic carbocycles. The van der Waals surface area contributed by atoms with Crippen LogP contribution < -0.4 is 10.6 Å². The molecule has 2 N–H and O–H groups in total. The summed E-state index contributed by atoms with van der Waals surface area (Å²) in [4.78, 5) is 0.